The maximum absolute atomic E-state index is 14.2. The van der Waals surface area contributed by atoms with Crippen LogP contribution in [0.2, 0.25) is 10.0 Å². The zero-order valence-corrected chi connectivity index (χ0v) is 28.2. The minimum absolute atomic E-state index is 0.321. The van der Waals surface area contributed by atoms with Gasteiger partial charge in [-0.05, 0) is 0 Å². The number of halogens is 2. The average Bonchev–Trinajstić information content (AvgIpc) is 2.97. The number of aryl methyl sites for hydroxylation is 4. The number of hydrogen-bond donors (Lipinski definition) is 0. The molecule has 0 aliphatic carbocycles. The molecule has 0 aliphatic rings. The van der Waals surface area contributed by atoms with E-state index in [-0.39, 0.29) is 6.61 Å². The Balaban J connectivity index is 1.83. The summed E-state index contributed by atoms with van der Waals surface area (Å²) in [6.07, 6.45) is 0. The number of benzene rings is 5. The first-order chi connectivity index (χ1) is 20.1. The SMILES string of the molecule is Cc1cc[c]([Sb]([O]C(=O)COc2ccc(Cl)cc2Cl)([c]2ccc(C)cc2)([c]2ccc(C)cc2)[c]2ccc(C)cc2)cc1. The summed E-state index contributed by atoms with van der Waals surface area (Å²) < 4.78 is 17.1. The summed E-state index contributed by atoms with van der Waals surface area (Å²) in [7, 11) is 0. The van der Waals surface area contributed by atoms with Gasteiger partial charge in [-0.3, -0.25) is 0 Å². The van der Waals surface area contributed by atoms with Gasteiger partial charge >= 0.3 is 261 Å². The fraction of sp³-hybridized carbons (Fsp3) is 0.139. The van der Waals surface area contributed by atoms with E-state index in [9.17, 15) is 4.79 Å². The number of carbonyl (C=O) groups is 1. The first kappa shape index (κ1) is 30.2. The van der Waals surface area contributed by atoms with E-state index in [0.29, 0.717) is 15.8 Å². The van der Waals surface area contributed by atoms with Gasteiger partial charge in [0.1, 0.15) is 0 Å². The monoisotopic (exact) mass is 704 g/mol. The van der Waals surface area contributed by atoms with Gasteiger partial charge in [-0.15, -0.1) is 0 Å². The second kappa shape index (κ2) is 12.2. The van der Waals surface area contributed by atoms with Crippen molar-refractivity contribution in [2.24, 2.45) is 0 Å². The van der Waals surface area contributed by atoms with Crippen molar-refractivity contribution in [1.82, 2.24) is 0 Å². The van der Waals surface area contributed by atoms with Crippen LogP contribution in [0.15, 0.2) is 115 Å². The van der Waals surface area contributed by atoms with Gasteiger partial charge in [-0.25, -0.2) is 0 Å². The van der Waals surface area contributed by atoms with Crippen LogP contribution in [0.4, 0.5) is 0 Å². The van der Waals surface area contributed by atoms with Crippen molar-refractivity contribution in [3.63, 3.8) is 0 Å². The van der Waals surface area contributed by atoms with Gasteiger partial charge in [-0.2, -0.15) is 0 Å². The van der Waals surface area contributed by atoms with E-state index in [1.807, 2.05) is 0 Å². The Bertz CT molecular complexity index is 1520. The van der Waals surface area contributed by atoms with Gasteiger partial charge in [0.2, 0.25) is 0 Å². The fourth-order valence-corrected chi connectivity index (χ4v) is 21.7. The molecule has 214 valence electrons. The molecular weight excluding hydrogens is 673 g/mol. The molecule has 0 N–H and O–H groups in total. The van der Waals surface area contributed by atoms with Crippen molar-refractivity contribution < 1.29 is 12.5 Å². The second-order valence-corrected chi connectivity index (χ2v) is 23.9. The summed E-state index contributed by atoms with van der Waals surface area (Å²) in [6, 6.07) is 38.7. The minimum atomic E-state index is -5.42. The van der Waals surface area contributed by atoms with E-state index in [2.05, 4.69) is 125 Å². The normalized spacial score (nSPS) is 12.3. The van der Waals surface area contributed by atoms with Gasteiger partial charge in [0, 0.05) is 0 Å². The first-order valence-corrected chi connectivity index (χ1v) is 20.6. The quantitative estimate of drug-likeness (QED) is 0.169. The van der Waals surface area contributed by atoms with Crippen LogP contribution in [-0.4, -0.2) is 30.4 Å². The summed E-state index contributed by atoms with van der Waals surface area (Å²) in [5.74, 6) is -0.117. The second-order valence-electron chi connectivity index (χ2n) is 10.7. The van der Waals surface area contributed by atoms with Crippen molar-refractivity contribution in [3.8, 4) is 5.75 Å². The van der Waals surface area contributed by atoms with E-state index in [1.165, 1.54) is 0 Å². The molecule has 0 amide bonds. The van der Waals surface area contributed by atoms with E-state index in [4.69, 9.17) is 31.0 Å². The third-order valence-corrected chi connectivity index (χ3v) is 24.4. The molecule has 0 aliphatic heterocycles. The molecule has 5 aromatic rings. The number of carbonyl (C=O) groups excluding carboxylic acids is 1. The van der Waals surface area contributed by atoms with Gasteiger partial charge in [0.05, 0.1) is 0 Å². The molecule has 0 aromatic heterocycles. The van der Waals surface area contributed by atoms with Crippen LogP contribution in [0.5, 0.6) is 5.75 Å². The zero-order chi connectivity index (χ0) is 29.9. The Kier molecular flexibility index (Phi) is 8.76. The molecule has 0 radical (unpaired) electrons. The van der Waals surface area contributed by atoms with E-state index < -0.39 is 23.8 Å². The van der Waals surface area contributed by atoms with Crippen molar-refractivity contribution >= 4 is 61.0 Å². The van der Waals surface area contributed by atoms with E-state index >= 15 is 0 Å². The standard InChI is InChI=1S/C8H6Cl2O3.4C7H7.Sb/c9-5-1-2-7(6(10)3-5)13-4-8(11)12;4*1-7-5-3-2-4-6-7;/h1-3H,4H2,(H,11,12);4*3-6H,1H3;/q;;;;;+1/p-1. The van der Waals surface area contributed by atoms with Crippen LogP contribution in [-0.2, 0) is 7.81 Å². The Hall–Kier alpha value is -3.23. The molecule has 0 atom stereocenters. The molecule has 0 saturated heterocycles. The predicted molar refractivity (Wildman–Crippen MR) is 177 cm³/mol. The number of rotatable bonds is 8. The van der Waals surface area contributed by atoms with Crippen molar-refractivity contribution in [2.75, 3.05) is 6.61 Å². The molecule has 0 fully saturated rings. The van der Waals surface area contributed by atoms with Gasteiger partial charge in [0.25, 0.3) is 0 Å². The molecule has 5 rings (SSSR count). The summed E-state index contributed by atoms with van der Waals surface area (Å²) in [4.78, 5) is 14.2. The molecule has 3 nitrogen and oxygen atoms in total. The molecule has 0 saturated carbocycles. The predicted octanol–water partition coefficient (Wildman–Crippen LogP) is 6.68. The summed E-state index contributed by atoms with van der Waals surface area (Å²) >= 11 is 7.03. The number of ether oxygens (including phenoxy) is 1. The molecule has 0 bridgehead atoms. The third kappa shape index (κ3) is 5.47. The maximum atomic E-state index is 14.2. The molecular formula is C36H33Cl2O3Sb. The topological polar surface area (TPSA) is 35.5 Å². The fourth-order valence-electron chi connectivity index (χ4n) is 5.38. The molecule has 0 heterocycles. The Labute approximate surface area is 259 Å². The van der Waals surface area contributed by atoms with Crippen molar-refractivity contribution in [2.45, 2.75) is 27.7 Å². The Morgan fingerprint density at radius 3 is 1.26 bits per heavy atom. The molecule has 0 unspecified atom stereocenters. The van der Waals surface area contributed by atoms with Gasteiger partial charge in [-0.1, -0.05) is 0 Å². The summed E-state index contributed by atoms with van der Waals surface area (Å²) in [6.45, 7) is 7.93. The first-order valence-electron chi connectivity index (χ1n) is 13.7. The summed E-state index contributed by atoms with van der Waals surface area (Å²) in [5.41, 5.74) is 4.49. The number of hydrogen-bond acceptors (Lipinski definition) is 3. The molecule has 0 spiro atoms. The van der Waals surface area contributed by atoms with Crippen LogP contribution < -0.4 is 18.8 Å². The zero-order valence-electron chi connectivity index (χ0n) is 24.1. The molecule has 42 heavy (non-hydrogen) atoms. The summed E-state index contributed by atoms with van der Waals surface area (Å²) in [5, 5.41) is 0.814. The molecule has 5 aromatic carbocycles. The van der Waals surface area contributed by atoms with Crippen molar-refractivity contribution in [3.05, 3.63) is 148 Å². The van der Waals surface area contributed by atoms with Gasteiger partial charge < -0.3 is 0 Å². The van der Waals surface area contributed by atoms with E-state index in [0.717, 1.165) is 36.3 Å². The van der Waals surface area contributed by atoms with Crippen LogP contribution in [0, 0.1) is 27.7 Å². The van der Waals surface area contributed by atoms with Crippen LogP contribution in [0.1, 0.15) is 22.3 Å². The molecule has 6 heteroatoms. The Morgan fingerprint density at radius 2 is 0.929 bits per heavy atom. The van der Waals surface area contributed by atoms with Gasteiger partial charge in [0.15, 0.2) is 0 Å². The average molecular weight is 706 g/mol. The van der Waals surface area contributed by atoms with Crippen LogP contribution in [0.25, 0.3) is 0 Å². The van der Waals surface area contributed by atoms with Crippen molar-refractivity contribution in [1.29, 1.82) is 0 Å². The van der Waals surface area contributed by atoms with Crippen LogP contribution in [0.3, 0.4) is 0 Å². The Morgan fingerprint density at radius 1 is 0.571 bits per heavy atom. The van der Waals surface area contributed by atoms with E-state index in [1.54, 1.807) is 18.2 Å². The van der Waals surface area contributed by atoms with Crippen LogP contribution >= 0.6 is 23.2 Å². The third-order valence-electron chi connectivity index (χ3n) is 7.63.